The van der Waals surface area contributed by atoms with E-state index in [1.54, 1.807) is 0 Å². The maximum atomic E-state index is 10.7. The van der Waals surface area contributed by atoms with Crippen LogP contribution in [0.3, 0.4) is 0 Å². The van der Waals surface area contributed by atoms with Gasteiger partial charge in [-0.05, 0) is 63.2 Å². The molecule has 0 radical (unpaired) electrons. The number of hydrogen-bond acceptors (Lipinski definition) is 4. The lowest BCUT2D eigenvalue weighted by Crippen LogP contribution is -2.04. The Kier molecular flexibility index (Phi) is 16.5. The number of aromatic hydroxyl groups is 2. The molecule has 0 saturated carbocycles. The highest BCUT2D eigenvalue weighted by molar-refractivity contribution is 5.65. The second-order valence-electron chi connectivity index (χ2n) is 11.8. The molecule has 0 bridgehead atoms. The van der Waals surface area contributed by atoms with Crippen molar-refractivity contribution in [3.05, 3.63) is 23.3 Å². The first kappa shape index (κ1) is 33.2. The molecule has 0 heterocycles. The smallest absolute Gasteiger partial charge is 0.207 e. The number of ether oxygens (including phenoxy) is 2. The molecule has 0 aliphatic rings. The molecule has 4 atom stereocenters. The molecular formula is C33H58O4. The molecule has 1 aromatic carbocycles. The van der Waals surface area contributed by atoms with Crippen LogP contribution in [-0.2, 0) is 6.42 Å². The van der Waals surface area contributed by atoms with E-state index in [4.69, 9.17) is 9.47 Å². The summed E-state index contributed by atoms with van der Waals surface area (Å²) < 4.78 is 10.5. The lowest BCUT2D eigenvalue weighted by Gasteiger charge is -2.19. The lowest BCUT2D eigenvalue weighted by atomic mass is 9.89. The summed E-state index contributed by atoms with van der Waals surface area (Å²) >= 11 is 0. The van der Waals surface area contributed by atoms with E-state index in [0.717, 1.165) is 36.2 Å². The van der Waals surface area contributed by atoms with Crippen LogP contribution in [0, 0.1) is 30.6 Å². The van der Waals surface area contributed by atoms with Gasteiger partial charge in [-0.25, -0.2) is 0 Å². The van der Waals surface area contributed by atoms with Crippen molar-refractivity contribution in [2.75, 3.05) is 14.2 Å². The molecule has 214 valence electrons. The molecule has 4 nitrogen and oxygen atoms in total. The van der Waals surface area contributed by atoms with Gasteiger partial charge in [-0.15, -0.1) is 0 Å². The highest BCUT2D eigenvalue weighted by Gasteiger charge is 2.23. The van der Waals surface area contributed by atoms with Gasteiger partial charge in [0.25, 0.3) is 0 Å². The summed E-state index contributed by atoms with van der Waals surface area (Å²) in [7, 11) is 2.95. The maximum Gasteiger partial charge on any atom is 0.207 e. The average molecular weight is 519 g/mol. The Morgan fingerprint density at radius 3 is 1.49 bits per heavy atom. The largest absolute Gasteiger partial charge is 0.504 e. The van der Waals surface area contributed by atoms with Gasteiger partial charge in [0.1, 0.15) is 0 Å². The Labute approximate surface area is 228 Å². The molecule has 0 fully saturated rings. The Balaban J connectivity index is 2.27. The van der Waals surface area contributed by atoms with Crippen LogP contribution in [-0.4, -0.2) is 24.4 Å². The molecule has 0 aromatic heterocycles. The summed E-state index contributed by atoms with van der Waals surface area (Å²) in [5.74, 6) is 3.62. The Morgan fingerprint density at radius 1 is 0.649 bits per heavy atom. The zero-order valence-electron chi connectivity index (χ0n) is 25.4. The normalized spacial score (nSPS) is 15.0. The van der Waals surface area contributed by atoms with Gasteiger partial charge >= 0.3 is 0 Å². The number of phenolic OH excluding ortho intramolecular Hbond substituents is 2. The molecule has 0 saturated heterocycles. The summed E-state index contributed by atoms with van der Waals surface area (Å²) in [5, 5.41) is 21.2. The van der Waals surface area contributed by atoms with Crippen molar-refractivity contribution in [3.63, 3.8) is 0 Å². The minimum absolute atomic E-state index is 0.0533. The molecule has 0 aliphatic heterocycles. The molecule has 0 aliphatic carbocycles. The first-order valence-electron chi connectivity index (χ1n) is 14.9. The monoisotopic (exact) mass is 518 g/mol. The summed E-state index contributed by atoms with van der Waals surface area (Å²) in [4.78, 5) is 0. The highest BCUT2D eigenvalue weighted by atomic mass is 16.5. The van der Waals surface area contributed by atoms with Crippen LogP contribution >= 0.6 is 0 Å². The molecule has 0 amide bonds. The van der Waals surface area contributed by atoms with E-state index in [1.807, 2.05) is 6.92 Å². The average Bonchev–Trinajstić information content (AvgIpc) is 2.86. The SMILES string of the molecule is C/C=C/CCC(C)CCCC(C)CCCC(C)CCCC(C)CCc1c(C)c(O)c(OC)c(OC)c1O. The van der Waals surface area contributed by atoms with Crippen LogP contribution in [0.2, 0.25) is 0 Å². The zero-order valence-corrected chi connectivity index (χ0v) is 25.4. The zero-order chi connectivity index (χ0) is 27.8. The minimum atomic E-state index is 0.0533. The van der Waals surface area contributed by atoms with Gasteiger partial charge in [0.15, 0.2) is 11.5 Å². The molecule has 0 spiro atoms. The molecule has 4 unspecified atom stereocenters. The maximum absolute atomic E-state index is 10.7. The Morgan fingerprint density at radius 2 is 1.05 bits per heavy atom. The second kappa shape index (κ2) is 18.4. The fourth-order valence-corrected chi connectivity index (χ4v) is 5.49. The van der Waals surface area contributed by atoms with Gasteiger partial charge < -0.3 is 19.7 Å². The van der Waals surface area contributed by atoms with Crippen molar-refractivity contribution >= 4 is 0 Å². The van der Waals surface area contributed by atoms with Crippen molar-refractivity contribution in [1.82, 2.24) is 0 Å². The van der Waals surface area contributed by atoms with Gasteiger partial charge in [0.05, 0.1) is 14.2 Å². The highest BCUT2D eigenvalue weighted by Crippen LogP contribution is 2.48. The van der Waals surface area contributed by atoms with Crippen LogP contribution in [0.25, 0.3) is 0 Å². The van der Waals surface area contributed by atoms with Crippen molar-refractivity contribution < 1.29 is 19.7 Å². The fraction of sp³-hybridized carbons (Fsp3) is 0.758. The molecule has 2 N–H and O–H groups in total. The van der Waals surface area contributed by atoms with E-state index in [9.17, 15) is 10.2 Å². The third-order valence-electron chi connectivity index (χ3n) is 8.27. The number of phenols is 2. The summed E-state index contributed by atoms with van der Waals surface area (Å²) in [6.07, 6.45) is 20.7. The van der Waals surface area contributed by atoms with E-state index in [0.29, 0.717) is 11.5 Å². The van der Waals surface area contributed by atoms with Crippen molar-refractivity contribution in [2.24, 2.45) is 23.7 Å². The molecule has 37 heavy (non-hydrogen) atoms. The van der Waals surface area contributed by atoms with Crippen LogP contribution in [0.15, 0.2) is 12.2 Å². The summed E-state index contributed by atoms with van der Waals surface area (Å²) in [6, 6.07) is 0. The topological polar surface area (TPSA) is 58.9 Å². The van der Waals surface area contributed by atoms with Gasteiger partial charge in [-0.3, -0.25) is 0 Å². The quantitative estimate of drug-likeness (QED) is 0.133. The van der Waals surface area contributed by atoms with E-state index < -0.39 is 0 Å². The standard InChI is InChI=1S/C33H58O4/c1-9-10-11-15-24(2)16-12-17-25(3)18-13-19-26(4)20-14-21-27(5)22-23-29-28(6)30(34)32(36-7)33(37-8)31(29)35/h9-10,24-27,34-35H,11-23H2,1-8H3/b10-9+. The van der Waals surface area contributed by atoms with Crippen LogP contribution < -0.4 is 9.47 Å². The number of hydrogen-bond donors (Lipinski definition) is 2. The predicted octanol–water partition coefficient (Wildman–Crippen LogP) is 9.77. The fourth-order valence-electron chi connectivity index (χ4n) is 5.49. The summed E-state index contributed by atoms with van der Waals surface area (Å²) in [6.45, 7) is 13.5. The predicted molar refractivity (Wildman–Crippen MR) is 158 cm³/mol. The first-order valence-corrected chi connectivity index (χ1v) is 14.9. The second-order valence-corrected chi connectivity index (χ2v) is 11.8. The lowest BCUT2D eigenvalue weighted by molar-refractivity contribution is 0.313. The van der Waals surface area contributed by atoms with Crippen LogP contribution in [0.5, 0.6) is 23.0 Å². The number of rotatable bonds is 20. The molecular weight excluding hydrogens is 460 g/mol. The molecule has 4 heteroatoms. The van der Waals surface area contributed by atoms with E-state index in [2.05, 4.69) is 46.8 Å². The van der Waals surface area contributed by atoms with Crippen molar-refractivity contribution in [3.8, 4) is 23.0 Å². The summed E-state index contributed by atoms with van der Waals surface area (Å²) in [5.41, 5.74) is 1.43. The Bertz CT molecular complexity index is 785. The number of allylic oxidation sites excluding steroid dienone is 2. The van der Waals surface area contributed by atoms with E-state index in [1.165, 1.54) is 84.8 Å². The van der Waals surface area contributed by atoms with Crippen molar-refractivity contribution in [2.45, 2.75) is 125 Å². The Hall–Kier alpha value is -1.84. The molecule has 1 aromatic rings. The van der Waals surface area contributed by atoms with Crippen LogP contribution in [0.4, 0.5) is 0 Å². The third kappa shape index (κ3) is 12.0. The van der Waals surface area contributed by atoms with E-state index >= 15 is 0 Å². The van der Waals surface area contributed by atoms with Crippen LogP contribution in [0.1, 0.15) is 123 Å². The minimum Gasteiger partial charge on any atom is -0.504 e. The van der Waals surface area contributed by atoms with Crippen molar-refractivity contribution in [1.29, 1.82) is 0 Å². The first-order chi connectivity index (χ1) is 17.7. The van der Waals surface area contributed by atoms with Gasteiger partial charge in [-0.2, -0.15) is 0 Å². The van der Waals surface area contributed by atoms with E-state index in [-0.39, 0.29) is 23.0 Å². The van der Waals surface area contributed by atoms with Gasteiger partial charge in [0.2, 0.25) is 11.5 Å². The molecule has 1 rings (SSSR count). The number of methoxy groups -OCH3 is 2. The van der Waals surface area contributed by atoms with Gasteiger partial charge in [-0.1, -0.05) is 97.6 Å². The third-order valence-corrected chi connectivity index (χ3v) is 8.27. The van der Waals surface area contributed by atoms with Gasteiger partial charge in [0, 0.05) is 11.1 Å². The number of benzene rings is 1.